The maximum absolute atomic E-state index is 13.1. The van der Waals surface area contributed by atoms with Crippen LogP contribution in [0.15, 0.2) is 40.1 Å². The first-order chi connectivity index (χ1) is 10.6. The fourth-order valence-corrected chi connectivity index (χ4v) is 8.01. The average molecular weight is 387 g/mol. The van der Waals surface area contributed by atoms with Crippen LogP contribution >= 0.6 is 7.94 Å². The summed E-state index contributed by atoms with van der Waals surface area (Å²) in [7, 11) is -3.07. The molecule has 0 N–H and O–H groups in total. The molecule has 1 heterocycles. The van der Waals surface area contributed by atoms with Crippen LogP contribution in [0.4, 0.5) is 0 Å². The van der Waals surface area contributed by atoms with E-state index in [0.717, 1.165) is 31.0 Å². The van der Waals surface area contributed by atoms with Gasteiger partial charge in [0.1, 0.15) is 0 Å². The number of hydrogen-bond donors (Lipinski definition) is 0. The van der Waals surface area contributed by atoms with Gasteiger partial charge in [-0.2, -0.15) is 0 Å². The Bertz CT molecular complexity index is 506. The zero-order valence-electron chi connectivity index (χ0n) is 13.6. The van der Waals surface area contributed by atoms with Crippen LogP contribution < -0.4 is 9.36 Å². The molecular weight excluding hydrogens is 362 g/mol. The predicted octanol–water partition coefficient (Wildman–Crippen LogP) is 3.39. The molecule has 0 aromatic heterocycles. The standard InChI is InChI=1S/C17H25O3PSe/c1-4-7-13-15-17(22-14-11-9-8-10-12-14)16(5-2)21(18,20-15)19-6-3/h8-12,15H,4-7,13H2,1-3H3. The number of rotatable bonds is 8. The van der Waals surface area contributed by atoms with Gasteiger partial charge in [0.25, 0.3) is 0 Å². The Kier molecular flexibility index (Phi) is 7.08. The molecule has 1 aliphatic heterocycles. The average Bonchev–Trinajstić information content (AvgIpc) is 2.78. The van der Waals surface area contributed by atoms with Gasteiger partial charge in [-0.3, -0.25) is 0 Å². The third-order valence-electron chi connectivity index (χ3n) is 3.60. The molecule has 1 aliphatic rings. The van der Waals surface area contributed by atoms with Crippen molar-refractivity contribution in [3.05, 3.63) is 40.1 Å². The summed E-state index contributed by atoms with van der Waals surface area (Å²) in [5.74, 6) is 0. The topological polar surface area (TPSA) is 41.5 Å². The van der Waals surface area contributed by atoms with Gasteiger partial charge in [-0.1, -0.05) is 0 Å². The summed E-state index contributed by atoms with van der Waals surface area (Å²) >= 11 is 0.147. The van der Waals surface area contributed by atoms with Crippen LogP contribution in [-0.4, -0.2) is 27.7 Å². The van der Waals surface area contributed by atoms with Gasteiger partial charge in [-0.25, -0.2) is 0 Å². The van der Waals surface area contributed by atoms with Crippen molar-refractivity contribution in [2.75, 3.05) is 6.61 Å². The van der Waals surface area contributed by atoms with E-state index in [9.17, 15) is 4.89 Å². The third-order valence-corrected chi connectivity index (χ3v) is 8.88. The molecule has 2 rings (SSSR count). The zero-order chi connectivity index (χ0) is 16.0. The van der Waals surface area contributed by atoms with Crippen LogP contribution in [-0.2, 0) is 9.05 Å². The molecule has 2 atom stereocenters. The van der Waals surface area contributed by atoms with E-state index < -0.39 is 7.94 Å². The third kappa shape index (κ3) is 4.20. The van der Waals surface area contributed by atoms with E-state index in [1.165, 1.54) is 8.93 Å². The molecule has 0 spiro atoms. The van der Waals surface area contributed by atoms with Gasteiger partial charge in [-0.05, 0) is 0 Å². The Balaban J connectivity index is 2.30. The summed E-state index contributed by atoms with van der Waals surface area (Å²) in [6, 6.07) is 10.4. The molecule has 1 aromatic rings. The molecule has 0 fully saturated rings. The zero-order valence-corrected chi connectivity index (χ0v) is 16.2. The van der Waals surface area contributed by atoms with Gasteiger partial charge < -0.3 is 0 Å². The Morgan fingerprint density at radius 2 is 1.95 bits per heavy atom. The first kappa shape index (κ1) is 18.1. The van der Waals surface area contributed by atoms with Gasteiger partial charge in [0.05, 0.1) is 0 Å². The number of hydrogen-bond acceptors (Lipinski definition) is 3. The Morgan fingerprint density at radius 3 is 2.55 bits per heavy atom. The monoisotopic (exact) mass is 388 g/mol. The Labute approximate surface area is 140 Å². The molecule has 1 aromatic carbocycles. The summed E-state index contributed by atoms with van der Waals surface area (Å²) in [6.45, 7) is 6.52. The normalized spacial score (nSPS) is 25.0. The number of benzene rings is 1. The SMILES string of the molecule is CCCCC1O[P+]([O-])(OCC)C(CC)=C1[Se]c1ccccc1. The van der Waals surface area contributed by atoms with E-state index in [4.69, 9.17) is 9.05 Å². The molecule has 2 unspecified atom stereocenters. The van der Waals surface area contributed by atoms with E-state index in [2.05, 4.69) is 31.2 Å². The molecule has 0 amide bonds. The summed E-state index contributed by atoms with van der Waals surface area (Å²) in [5, 5.41) is 0.930. The van der Waals surface area contributed by atoms with Gasteiger partial charge in [-0.15, -0.1) is 0 Å². The predicted molar refractivity (Wildman–Crippen MR) is 92.1 cm³/mol. The van der Waals surface area contributed by atoms with Gasteiger partial charge in [0.15, 0.2) is 0 Å². The fourth-order valence-electron chi connectivity index (χ4n) is 2.56. The minimum absolute atomic E-state index is 0.0347. The molecule has 0 saturated heterocycles. The molecular formula is C17H25O3PSe. The quantitative estimate of drug-likeness (QED) is 0.507. The van der Waals surface area contributed by atoms with Crippen LogP contribution in [0.2, 0.25) is 0 Å². The molecule has 3 nitrogen and oxygen atoms in total. The Morgan fingerprint density at radius 1 is 1.23 bits per heavy atom. The van der Waals surface area contributed by atoms with E-state index >= 15 is 0 Å². The molecule has 0 saturated carbocycles. The molecule has 22 heavy (non-hydrogen) atoms. The van der Waals surface area contributed by atoms with Crippen molar-refractivity contribution in [3.8, 4) is 0 Å². The van der Waals surface area contributed by atoms with Crippen molar-refractivity contribution < 1.29 is 13.9 Å². The van der Waals surface area contributed by atoms with Gasteiger partial charge >= 0.3 is 141 Å². The van der Waals surface area contributed by atoms with Crippen molar-refractivity contribution in [2.45, 2.75) is 52.6 Å². The van der Waals surface area contributed by atoms with Crippen LogP contribution in [0.25, 0.3) is 0 Å². The molecule has 0 radical (unpaired) electrons. The van der Waals surface area contributed by atoms with E-state index in [-0.39, 0.29) is 21.1 Å². The van der Waals surface area contributed by atoms with E-state index in [1.54, 1.807) is 0 Å². The minimum atomic E-state index is -3.07. The molecule has 5 heteroatoms. The van der Waals surface area contributed by atoms with Gasteiger partial charge in [0.2, 0.25) is 0 Å². The summed E-state index contributed by atoms with van der Waals surface area (Å²) in [6.07, 6.45) is 3.84. The summed E-state index contributed by atoms with van der Waals surface area (Å²) < 4.78 is 14.1. The maximum atomic E-state index is 13.1. The molecule has 0 bridgehead atoms. The van der Waals surface area contributed by atoms with Crippen molar-refractivity contribution in [1.82, 2.24) is 0 Å². The second-order valence-corrected chi connectivity index (χ2v) is 9.58. The van der Waals surface area contributed by atoms with Gasteiger partial charge in [0, 0.05) is 0 Å². The number of allylic oxidation sites excluding steroid dienone is 1. The van der Waals surface area contributed by atoms with Crippen molar-refractivity contribution in [2.24, 2.45) is 0 Å². The summed E-state index contributed by atoms with van der Waals surface area (Å²) in [5.41, 5.74) is 0. The van der Waals surface area contributed by atoms with E-state index in [1.807, 2.05) is 19.9 Å². The molecule has 122 valence electrons. The van der Waals surface area contributed by atoms with Crippen LogP contribution in [0.1, 0.15) is 46.5 Å². The van der Waals surface area contributed by atoms with Crippen LogP contribution in [0.5, 0.6) is 0 Å². The van der Waals surface area contributed by atoms with Crippen LogP contribution in [0.3, 0.4) is 0 Å². The second kappa shape index (κ2) is 8.59. The number of unbranched alkanes of at least 4 members (excludes halogenated alkanes) is 1. The summed E-state index contributed by atoms with van der Waals surface area (Å²) in [4.78, 5) is 13.1. The van der Waals surface area contributed by atoms with Crippen molar-refractivity contribution in [3.63, 3.8) is 0 Å². The van der Waals surface area contributed by atoms with Crippen molar-refractivity contribution >= 4 is 27.4 Å². The first-order valence-corrected chi connectivity index (χ1v) is 11.3. The Hall–Kier alpha value is -0.211. The fraction of sp³-hybridized carbons (Fsp3) is 0.529. The van der Waals surface area contributed by atoms with Crippen LogP contribution in [0, 0.1) is 0 Å². The molecule has 0 aliphatic carbocycles. The van der Waals surface area contributed by atoms with Crippen molar-refractivity contribution in [1.29, 1.82) is 0 Å². The van der Waals surface area contributed by atoms with E-state index in [0.29, 0.717) is 6.61 Å². The first-order valence-electron chi connectivity index (χ1n) is 8.04. The second-order valence-electron chi connectivity index (χ2n) is 5.23.